The Morgan fingerprint density at radius 2 is 2.20 bits per heavy atom. The van der Waals surface area contributed by atoms with Crippen LogP contribution >= 0.6 is 0 Å². The highest BCUT2D eigenvalue weighted by Gasteiger charge is 2.34. The van der Waals surface area contributed by atoms with Gasteiger partial charge in [0.25, 0.3) is 10.0 Å². The number of hydrogen-bond donors (Lipinski definition) is 2. The van der Waals surface area contributed by atoms with Crippen LogP contribution in [0.1, 0.15) is 40.0 Å². The van der Waals surface area contributed by atoms with Gasteiger partial charge in [0.15, 0.2) is 5.03 Å². The van der Waals surface area contributed by atoms with Crippen LogP contribution < -0.4 is 10.0 Å². The molecule has 0 radical (unpaired) electrons. The number of rotatable bonds is 5. The second-order valence-corrected chi connectivity index (χ2v) is 7.74. The molecule has 2 N–H and O–H groups in total. The van der Waals surface area contributed by atoms with Crippen LogP contribution in [0.2, 0.25) is 0 Å². The second kappa shape index (κ2) is 5.69. The second-order valence-electron chi connectivity index (χ2n) is 6.11. The van der Waals surface area contributed by atoms with Crippen LogP contribution in [-0.2, 0) is 10.0 Å². The summed E-state index contributed by atoms with van der Waals surface area (Å²) in [7, 11) is -3.57. The van der Waals surface area contributed by atoms with E-state index in [0.717, 1.165) is 19.3 Å². The summed E-state index contributed by atoms with van der Waals surface area (Å²) in [5, 5.41) is 3.13. The summed E-state index contributed by atoms with van der Waals surface area (Å²) in [6.07, 6.45) is 4.31. The maximum atomic E-state index is 12.5. The highest BCUT2D eigenvalue weighted by Crippen LogP contribution is 2.37. The van der Waals surface area contributed by atoms with Gasteiger partial charge in [0.1, 0.15) is 0 Å². The average molecular weight is 297 g/mol. The van der Waals surface area contributed by atoms with E-state index in [0.29, 0.717) is 12.2 Å². The molecule has 1 aromatic rings. The first kappa shape index (κ1) is 15.3. The molecular formula is C14H23N3O2S. The summed E-state index contributed by atoms with van der Waals surface area (Å²) in [6.45, 7) is 6.93. The molecule has 1 fully saturated rings. The minimum absolute atomic E-state index is 0.00600. The lowest BCUT2D eigenvalue weighted by molar-refractivity contribution is 0.372. The van der Waals surface area contributed by atoms with Crippen LogP contribution in [0.4, 0.5) is 5.69 Å². The van der Waals surface area contributed by atoms with Crippen LogP contribution in [0.15, 0.2) is 23.4 Å². The Morgan fingerprint density at radius 3 is 2.80 bits per heavy atom. The Labute approximate surface area is 121 Å². The summed E-state index contributed by atoms with van der Waals surface area (Å²) >= 11 is 0. The zero-order valence-corrected chi connectivity index (χ0v) is 13.1. The van der Waals surface area contributed by atoms with Crippen molar-refractivity contribution in [2.24, 2.45) is 5.41 Å². The molecule has 0 saturated heterocycles. The van der Waals surface area contributed by atoms with Gasteiger partial charge in [-0.3, -0.25) is 0 Å². The fraction of sp³-hybridized carbons (Fsp3) is 0.643. The Morgan fingerprint density at radius 1 is 1.45 bits per heavy atom. The molecule has 0 amide bonds. The van der Waals surface area contributed by atoms with E-state index in [-0.39, 0.29) is 16.5 Å². The summed E-state index contributed by atoms with van der Waals surface area (Å²) in [4.78, 5) is 4.03. The van der Waals surface area contributed by atoms with Gasteiger partial charge in [0, 0.05) is 18.8 Å². The van der Waals surface area contributed by atoms with E-state index in [1.807, 2.05) is 6.92 Å². The molecule has 0 spiro atoms. The number of nitrogens with one attached hydrogen (secondary N) is 2. The number of pyridine rings is 1. The Bertz CT molecular complexity index is 570. The van der Waals surface area contributed by atoms with E-state index in [1.165, 1.54) is 6.20 Å². The third kappa shape index (κ3) is 3.49. The minimum atomic E-state index is -3.57. The van der Waals surface area contributed by atoms with Crippen molar-refractivity contribution in [3.05, 3.63) is 18.3 Å². The van der Waals surface area contributed by atoms with E-state index in [4.69, 9.17) is 0 Å². The lowest BCUT2D eigenvalue weighted by Crippen LogP contribution is -2.34. The van der Waals surface area contributed by atoms with Crippen molar-refractivity contribution in [3.8, 4) is 0 Å². The number of anilines is 1. The van der Waals surface area contributed by atoms with Crippen LogP contribution in [0.25, 0.3) is 0 Å². The molecule has 1 heterocycles. The smallest absolute Gasteiger partial charge is 0.260 e. The standard InChI is InChI=1S/C14H23N3O2S/c1-4-15-12-6-5-9-16-13(12)20(18,19)17-11-7-8-14(2,3)10-11/h5-6,9,11,15,17H,4,7-8,10H2,1-3H3. The Balaban J connectivity index is 2.19. The molecule has 0 bridgehead atoms. The normalized spacial score (nSPS) is 21.9. The fourth-order valence-electron chi connectivity index (χ4n) is 2.74. The first-order chi connectivity index (χ1) is 9.34. The largest absolute Gasteiger partial charge is 0.383 e. The van der Waals surface area contributed by atoms with Crippen molar-refractivity contribution in [1.82, 2.24) is 9.71 Å². The third-order valence-corrected chi connectivity index (χ3v) is 5.16. The zero-order chi connectivity index (χ0) is 14.8. The van der Waals surface area contributed by atoms with Crippen molar-refractivity contribution < 1.29 is 8.42 Å². The molecule has 6 heteroatoms. The van der Waals surface area contributed by atoms with Gasteiger partial charge in [0.2, 0.25) is 0 Å². The van der Waals surface area contributed by atoms with Crippen molar-refractivity contribution in [1.29, 1.82) is 0 Å². The molecule has 1 aliphatic rings. The predicted octanol–water partition coefficient (Wildman–Crippen LogP) is 2.37. The minimum Gasteiger partial charge on any atom is -0.383 e. The van der Waals surface area contributed by atoms with E-state index >= 15 is 0 Å². The van der Waals surface area contributed by atoms with Crippen molar-refractivity contribution in [3.63, 3.8) is 0 Å². The Kier molecular flexibility index (Phi) is 4.34. The predicted molar refractivity (Wildman–Crippen MR) is 80.1 cm³/mol. The van der Waals surface area contributed by atoms with Gasteiger partial charge < -0.3 is 5.32 Å². The maximum Gasteiger partial charge on any atom is 0.260 e. The topological polar surface area (TPSA) is 71.1 Å². The molecule has 2 rings (SSSR count). The van der Waals surface area contributed by atoms with Gasteiger partial charge in [-0.25, -0.2) is 18.1 Å². The molecular weight excluding hydrogens is 274 g/mol. The molecule has 0 aromatic carbocycles. The maximum absolute atomic E-state index is 12.5. The lowest BCUT2D eigenvalue weighted by Gasteiger charge is -2.18. The molecule has 1 aromatic heterocycles. The molecule has 5 nitrogen and oxygen atoms in total. The summed E-state index contributed by atoms with van der Waals surface area (Å²) in [6, 6.07) is 3.48. The molecule has 0 aliphatic heterocycles. The zero-order valence-electron chi connectivity index (χ0n) is 12.3. The monoisotopic (exact) mass is 297 g/mol. The van der Waals surface area contributed by atoms with Crippen LogP contribution in [-0.4, -0.2) is 26.0 Å². The molecule has 20 heavy (non-hydrogen) atoms. The van der Waals surface area contributed by atoms with Gasteiger partial charge in [-0.2, -0.15) is 0 Å². The molecule has 1 atom stereocenters. The molecule has 1 saturated carbocycles. The number of nitrogens with zero attached hydrogens (tertiary/aromatic N) is 1. The highest BCUT2D eigenvalue weighted by molar-refractivity contribution is 7.89. The van der Waals surface area contributed by atoms with Gasteiger partial charge >= 0.3 is 0 Å². The van der Waals surface area contributed by atoms with Crippen molar-refractivity contribution in [2.75, 3.05) is 11.9 Å². The van der Waals surface area contributed by atoms with Crippen LogP contribution in [0, 0.1) is 5.41 Å². The number of aromatic nitrogens is 1. The first-order valence-electron chi connectivity index (χ1n) is 7.05. The van der Waals surface area contributed by atoms with Gasteiger partial charge in [0.05, 0.1) is 5.69 Å². The quantitative estimate of drug-likeness (QED) is 0.875. The van der Waals surface area contributed by atoms with E-state index < -0.39 is 10.0 Å². The molecule has 112 valence electrons. The van der Waals surface area contributed by atoms with Crippen molar-refractivity contribution in [2.45, 2.75) is 51.1 Å². The summed E-state index contributed by atoms with van der Waals surface area (Å²) in [5.74, 6) is 0. The van der Waals surface area contributed by atoms with Crippen molar-refractivity contribution >= 4 is 15.7 Å². The fourth-order valence-corrected chi connectivity index (χ4v) is 4.12. The van der Waals surface area contributed by atoms with Crippen LogP contribution in [0.3, 0.4) is 0 Å². The molecule has 1 unspecified atom stereocenters. The summed E-state index contributed by atoms with van der Waals surface area (Å²) < 4.78 is 27.8. The molecule has 1 aliphatic carbocycles. The SMILES string of the molecule is CCNc1cccnc1S(=O)(=O)NC1CCC(C)(C)C1. The van der Waals surface area contributed by atoms with Gasteiger partial charge in [-0.1, -0.05) is 13.8 Å². The lowest BCUT2D eigenvalue weighted by atomic mass is 9.92. The number of sulfonamides is 1. The first-order valence-corrected chi connectivity index (χ1v) is 8.53. The van der Waals surface area contributed by atoms with E-state index in [2.05, 4.69) is 28.9 Å². The Hall–Kier alpha value is -1.14. The van der Waals surface area contributed by atoms with Crippen LogP contribution in [0.5, 0.6) is 0 Å². The number of hydrogen-bond acceptors (Lipinski definition) is 4. The third-order valence-electron chi connectivity index (χ3n) is 3.68. The van der Waals surface area contributed by atoms with Gasteiger partial charge in [-0.15, -0.1) is 0 Å². The summed E-state index contributed by atoms with van der Waals surface area (Å²) in [5.41, 5.74) is 0.765. The van der Waals surface area contributed by atoms with E-state index in [1.54, 1.807) is 12.1 Å². The average Bonchev–Trinajstić information content (AvgIpc) is 2.69. The van der Waals surface area contributed by atoms with Gasteiger partial charge in [-0.05, 0) is 43.7 Å². The highest BCUT2D eigenvalue weighted by atomic mass is 32.2. The van der Waals surface area contributed by atoms with E-state index in [9.17, 15) is 8.42 Å².